The van der Waals surface area contributed by atoms with Crippen molar-refractivity contribution in [2.75, 3.05) is 5.75 Å². The van der Waals surface area contributed by atoms with E-state index in [0.717, 1.165) is 11.0 Å². The van der Waals surface area contributed by atoms with Crippen molar-refractivity contribution in [3.8, 4) is 0 Å². The van der Waals surface area contributed by atoms with Crippen molar-refractivity contribution in [1.29, 1.82) is 0 Å². The lowest BCUT2D eigenvalue weighted by molar-refractivity contribution is 0.844. The fraction of sp³-hybridized carbons (Fsp3) is 1.00. The Hall–Kier alpha value is 0.310. The summed E-state index contributed by atoms with van der Waals surface area (Å²) in [5.74, 6) is 1.08. The molecule has 0 aliphatic rings. The van der Waals surface area contributed by atoms with Crippen molar-refractivity contribution in [3.05, 3.63) is 0 Å². The van der Waals surface area contributed by atoms with Gasteiger partial charge in [0.1, 0.15) is 0 Å². The molecule has 50 valence electrons. The maximum Gasteiger partial charge on any atom is 0.0102 e. The Morgan fingerprint density at radius 2 is 1.88 bits per heavy atom. The van der Waals surface area contributed by atoms with Crippen LogP contribution in [0.1, 0.15) is 20.8 Å². The number of thioether (sulfide) groups is 1. The minimum absolute atomic E-state index is 0.349. The largest absolute Gasteiger partial charge is 0.327 e. The van der Waals surface area contributed by atoms with E-state index >= 15 is 0 Å². The van der Waals surface area contributed by atoms with Crippen molar-refractivity contribution < 1.29 is 0 Å². The summed E-state index contributed by atoms with van der Waals surface area (Å²) in [4.78, 5) is 0. The van der Waals surface area contributed by atoms with Crippen LogP contribution in [0.4, 0.5) is 0 Å². The molecule has 0 aliphatic carbocycles. The van der Waals surface area contributed by atoms with Crippen LogP contribution in [0.3, 0.4) is 0 Å². The molecule has 0 heterocycles. The van der Waals surface area contributed by atoms with Gasteiger partial charge in [-0.2, -0.15) is 11.8 Å². The van der Waals surface area contributed by atoms with E-state index in [1.165, 1.54) is 0 Å². The van der Waals surface area contributed by atoms with Crippen molar-refractivity contribution in [2.24, 2.45) is 5.73 Å². The highest BCUT2D eigenvalue weighted by molar-refractivity contribution is 7.99. The van der Waals surface area contributed by atoms with Gasteiger partial charge in [0, 0.05) is 11.8 Å². The molecular weight excluding hydrogens is 118 g/mol. The predicted octanol–water partition coefficient (Wildman–Crippen LogP) is 1.48. The van der Waals surface area contributed by atoms with Crippen LogP contribution in [0.25, 0.3) is 0 Å². The van der Waals surface area contributed by atoms with Gasteiger partial charge in [-0.1, -0.05) is 13.8 Å². The quantitative estimate of drug-likeness (QED) is 0.631. The average molecular weight is 133 g/mol. The standard InChI is InChI=1S/C6H15NS/c1-5(2)8-4-6(3)7/h5-6H,4,7H2,1-3H3/t6-/m0/s1. The molecule has 0 unspecified atom stereocenters. The molecule has 8 heavy (non-hydrogen) atoms. The zero-order valence-corrected chi connectivity index (χ0v) is 6.66. The lowest BCUT2D eigenvalue weighted by atomic mass is 10.4. The molecule has 0 aromatic heterocycles. The van der Waals surface area contributed by atoms with Crippen LogP contribution in [0, 0.1) is 0 Å². The molecule has 0 aromatic carbocycles. The molecule has 1 nitrogen and oxygen atoms in total. The van der Waals surface area contributed by atoms with Crippen LogP contribution < -0.4 is 5.73 Å². The van der Waals surface area contributed by atoms with Gasteiger partial charge in [-0.3, -0.25) is 0 Å². The summed E-state index contributed by atoms with van der Waals surface area (Å²) in [6.45, 7) is 6.41. The average Bonchev–Trinajstić information content (AvgIpc) is 1.61. The van der Waals surface area contributed by atoms with Crippen LogP contribution in [0.2, 0.25) is 0 Å². The molecule has 0 bridgehead atoms. The van der Waals surface area contributed by atoms with Gasteiger partial charge in [0.25, 0.3) is 0 Å². The van der Waals surface area contributed by atoms with Gasteiger partial charge in [0.05, 0.1) is 0 Å². The van der Waals surface area contributed by atoms with Crippen molar-refractivity contribution in [3.63, 3.8) is 0 Å². The molecular formula is C6H15NS. The molecule has 1 atom stereocenters. The van der Waals surface area contributed by atoms with Gasteiger partial charge in [-0.05, 0) is 12.2 Å². The first-order chi connectivity index (χ1) is 3.63. The number of hydrogen-bond acceptors (Lipinski definition) is 2. The maximum atomic E-state index is 5.52. The molecule has 0 saturated heterocycles. The summed E-state index contributed by atoms with van der Waals surface area (Å²) in [5.41, 5.74) is 5.52. The molecule has 0 radical (unpaired) electrons. The fourth-order valence-electron chi connectivity index (χ4n) is 0.344. The minimum Gasteiger partial charge on any atom is -0.327 e. The van der Waals surface area contributed by atoms with E-state index in [0.29, 0.717) is 6.04 Å². The van der Waals surface area contributed by atoms with Crippen LogP contribution in [-0.4, -0.2) is 17.0 Å². The first-order valence-corrected chi connectivity index (χ1v) is 4.05. The summed E-state index contributed by atoms with van der Waals surface area (Å²) in [6.07, 6.45) is 0. The van der Waals surface area contributed by atoms with E-state index in [1.54, 1.807) is 0 Å². The third kappa shape index (κ3) is 6.31. The summed E-state index contributed by atoms with van der Waals surface area (Å²) in [5, 5.41) is 0.723. The first-order valence-electron chi connectivity index (χ1n) is 3.00. The Morgan fingerprint density at radius 1 is 1.38 bits per heavy atom. The monoisotopic (exact) mass is 133 g/mol. The highest BCUT2D eigenvalue weighted by Gasteiger charge is 1.95. The molecule has 0 spiro atoms. The van der Waals surface area contributed by atoms with Gasteiger partial charge in [-0.15, -0.1) is 0 Å². The second kappa shape index (κ2) is 4.21. The van der Waals surface area contributed by atoms with E-state index < -0.39 is 0 Å². The van der Waals surface area contributed by atoms with Crippen LogP contribution in [0.15, 0.2) is 0 Å². The number of rotatable bonds is 3. The molecule has 0 rings (SSSR count). The Bertz CT molecular complexity index is 44.5. The zero-order chi connectivity index (χ0) is 6.57. The Labute approximate surface area is 56.0 Å². The minimum atomic E-state index is 0.349. The van der Waals surface area contributed by atoms with Crippen LogP contribution >= 0.6 is 11.8 Å². The molecule has 2 heteroatoms. The van der Waals surface area contributed by atoms with E-state index in [4.69, 9.17) is 5.73 Å². The van der Waals surface area contributed by atoms with Crippen LogP contribution in [-0.2, 0) is 0 Å². The van der Waals surface area contributed by atoms with E-state index in [9.17, 15) is 0 Å². The number of nitrogens with two attached hydrogens (primary N) is 1. The van der Waals surface area contributed by atoms with E-state index in [1.807, 2.05) is 18.7 Å². The van der Waals surface area contributed by atoms with Gasteiger partial charge in [-0.25, -0.2) is 0 Å². The smallest absolute Gasteiger partial charge is 0.0102 e. The molecule has 0 amide bonds. The van der Waals surface area contributed by atoms with Crippen molar-refractivity contribution >= 4 is 11.8 Å². The normalized spacial score (nSPS) is 14.6. The van der Waals surface area contributed by atoms with Gasteiger partial charge in [0.2, 0.25) is 0 Å². The Balaban J connectivity index is 2.93. The summed E-state index contributed by atoms with van der Waals surface area (Å²) in [6, 6.07) is 0.349. The van der Waals surface area contributed by atoms with Crippen molar-refractivity contribution in [1.82, 2.24) is 0 Å². The van der Waals surface area contributed by atoms with Gasteiger partial charge >= 0.3 is 0 Å². The zero-order valence-electron chi connectivity index (χ0n) is 5.85. The molecule has 0 fully saturated rings. The SMILES string of the molecule is CC(C)SC[C@H](C)N. The Kier molecular flexibility index (Phi) is 4.38. The lowest BCUT2D eigenvalue weighted by Gasteiger charge is -2.05. The second-order valence-electron chi connectivity index (χ2n) is 2.36. The summed E-state index contributed by atoms with van der Waals surface area (Å²) < 4.78 is 0. The third-order valence-electron chi connectivity index (χ3n) is 0.692. The van der Waals surface area contributed by atoms with E-state index in [-0.39, 0.29) is 0 Å². The molecule has 2 N–H and O–H groups in total. The molecule has 0 aromatic rings. The highest BCUT2D eigenvalue weighted by atomic mass is 32.2. The number of hydrogen-bond donors (Lipinski definition) is 1. The van der Waals surface area contributed by atoms with E-state index in [2.05, 4.69) is 13.8 Å². The predicted molar refractivity (Wildman–Crippen MR) is 41.2 cm³/mol. The fourth-order valence-corrected chi connectivity index (χ4v) is 1.03. The second-order valence-corrected chi connectivity index (χ2v) is 3.97. The topological polar surface area (TPSA) is 26.0 Å². The molecule has 0 saturated carbocycles. The summed E-state index contributed by atoms with van der Waals surface area (Å²) in [7, 11) is 0. The Morgan fingerprint density at radius 3 is 2.00 bits per heavy atom. The lowest BCUT2D eigenvalue weighted by Crippen LogP contribution is -2.18. The highest BCUT2D eigenvalue weighted by Crippen LogP contribution is 2.08. The maximum absolute atomic E-state index is 5.52. The van der Waals surface area contributed by atoms with Crippen LogP contribution in [0.5, 0.6) is 0 Å². The first kappa shape index (κ1) is 8.31. The summed E-state index contributed by atoms with van der Waals surface area (Å²) >= 11 is 1.91. The van der Waals surface area contributed by atoms with Gasteiger partial charge in [0.15, 0.2) is 0 Å². The molecule has 0 aliphatic heterocycles. The van der Waals surface area contributed by atoms with Crippen molar-refractivity contribution in [2.45, 2.75) is 32.1 Å². The van der Waals surface area contributed by atoms with Gasteiger partial charge < -0.3 is 5.73 Å². The third-order valence-corrected chi connectivity index (χ3v) is 2.08.